The highest BCUT2D eigenvalue weighted by Crippen LogP contribution is 2.54. The third kappa shape index (κ3) is 0.531. The summed E-state index contributed by atoms with van der Waals surface area (Å²) in [4.78, 5) is 0. The third-order valence-electron chi connectivity index (χ3n) is 2.07. The Morgan fingerprint density at radius 2 is 2.50 bits per heavy atom. The molecule has 2 aliphatic rings. The van der Waals surface area contributed by atoms with Crippen molar-refractivity contribution in [1.82, 2.24) is 5.32 Å². The molecule has 2 fully saturated rings. The van der Waals surface area contributed by atoms with E-state index >= 15 is 0 Å². The Bertz CT molecular complexity index is 126. The lowest BCUT2D eigenvalue weighted by Gasteiger charge is -2.05. The predicted molar refractivity (Wildman–Crippen MR) is 37.0 cm³/mol. The number of fused-ring (bicyclic) bond motifs is 1. The van der Waals surface area contributed by atoms with Gasteiger partial charge in [0.05, 0.1) is 5.37 Å². The Labute approximate surface area is 54.2 Å². The molecule has 46 valence electrons. The second kappa shape index (κ2) is 1.24. The lowest BCUT2D eigenvalue weighted by Crippen LogP contribution is -2.19. The maximum Gasteiger partial charge on any atom is 0.0512 e. The first kappa shape index (κ1) is 5.12. The molecule has 0 aromatic heterocycles. The highest BCUT2D eigenvalue weighted by Gasteiger charge is 2.56. The average molecular weight is 129 g/mol. The van der Waals surface area contributed by atoms with Gasteiger partial charge in [0, 0.05) is 10.8 Å². The monoisotopic (exact) mass is 129 g/mol. The zero-order valence-electron chi connectivity index (χ0n) is 5.27. The Hall–Kier alpha value is 0.310. The molecule has 0 radical (unpaired) electrons. The van der Waals surface area contributed by atoms with Crippen molar-refractivity contribution >= 4 is 11.8 Å². The van der Waals surface area contributed by atoms with Crippen LogP contribution in [0.5, 0.6) is 0 Å². The van der Waals surface area contributed by atoms with E-state index in [1.54, 1.807) is 0 Å². The molecular formula is C6H11NS. The van der Waals surface area contributed by atoms with Gasteiger partial charge in [-0.1, -0.05) is 0 Å². The maximum absolute atomic E-state index is 3.49. The molecule has 2 rings (SSSR count). The summed E-state index contributed by atoms with van der Waals surface area (Å²) in [5.74, 6) is 0. The topological polar surface area (TPSA) is 12.0 Å². The van der Waals surface area contributed by atoms with Gasteiger partial charge in [-0.05, 0) is 20.3 Å². The highest BCUT2D eigenvalue weighted by atomic mass is 32.2. The van der Waals surface area contributed by atoms with Crippen molar-refractivity contribution in [3.63, 3.8) is 0 Å². The molecule has 1 N–H and O–H groups in total. The quantitative estimate of drug-likeness (QED) is 0.527. The van der Waals surface area contributed by atoms with Gasteiger partial charge in [-0.15, -0.1) is 11.8 Å². The number of thioether (sulfide) groups is 1. The number of hydrogen-bond donors (Lipinski definition) is 1. The predicted octanol–water partition coefficient (Wildman–Crippen LogP) is 1.20. The fraction of sp³-hybridized carbons (Fsp3) is 1.00. The van der Waals surface area contributed by atoms with Crippen molar-refractivity contribution in [2.75, 3.05) is 0 Å². The second-order valence-corrected chi connectivity index (χ2v) is 4.87. The minimum absolute atomic E-state index is 0.638. The first-order valence-electron chi connectivity index (χ1n) is 3.15. The van der Waals surface area contributed by atoms with Crippen LogP contribution in [0.15, 0.2) is 0 Å². The zero-order chi connectivity index (χ0) is 5.78. The largest absolute Gasteiger partial charge is 0.301 e. The van der Waals surface area contributed by atoms with Gasteiger partial charge in [0.1, 0.15) is 0 Å². The van der Waals surface area contributed by atoms with Crippen molar-refractivity contribution in [2.24, 2.45) is 0 Å². The minimum Gasteiger partial charge on any atom is -0.301 e. The minimum atomic E-state index is 0.638. The fourth-order valence-electron chi connectivity index (χ4n) is 1.43. The van der Waals surface area contributed by atoms with Crippen LogP contribution in [0.4, 0.5) is 0 Å². The molecule has 8 heavy (non-hydrogen) atoms. The number of rotatable bonds is 0. The molecule has 2 heteroatoms. The molecule has 0 amide bonds. The van der Waals surface area contributed by atoms with E-state index in [1.165, 1.54) is 6.42 Å². The number of nitrogens with one attached hydrogen (secondary N) is 1. The summed E-state index contributed by atoms with van der Waals surface area (Å²) in [6.45, 7) is 4.58. The third-order valence-corrected chi connectivity index (χ3v) is 3.55. The normalized spacial score (nSPS) is 60.8. The molecule has 1 nitrogen and oxygen atoms in total. The molecule has 1 heterocycles. The van der Waals surface area contributed by atoms with E-state index in [4.69, 9.17) is 0 Å². The summed E-state index contributed by atoms with van der Waals surface area (Å²) in [5, 5.41) is 4.20. The Kier molecular flexibility index (Phi) is 0.795. The summed E-state index contributed by atoms with van der Waals surface area (Å²) in [5.41, 5.74) is 0. The lowest BCUT2D eigenvalue weighted by molar-refractivity contribution is 0.695. The van der Waals surface area contributed by atoms with Crippen LogP contribution in [0.3, 0.4) is 0 Å². The van der Waals surface area contributed by atoms with Crippen LogP contribution in [0.25, 0.3) is 0 Å². The fourth-order valence-corrected chi connectivity index (χ4v) is 2.97. The van der Waals surface area contributed by atoms with Crippen LogP contribution in [-0.4, -0.2) is 16.2 Å². The Morgan fingerprint density at radius 1 is 1.75 bits per heavy atom. The molecule has 1 aliphatic heterocycles. The van der Waals surface area contributed by atoms with Crippen molar-refractivity contribution < 1.29 is 0 Å². The molecule has 3 atom stereocenters. The summed E-state index contributed by atoms with van der Waals surface area (Å²) in [7, 11) is 0. The van der Waals surface area contributed by atoms with Gasteiger partial charge in [0.15, 0.2) is 0 Å². The van der Waals surface area contributed by atoms with E-state index in [2.05, 4.69) is 30.9 Å². The molecule has 1 saturated heterocycles. The van der Waals surface area contributed by atoms with Crippen LogP contribution >= 0.6 is 11.8 Å². The van der Waals surface area contributed by atoms with Crippen LogP contribution < -0.4 is 5.32 Å². The standard InChI is InChI=1S/C6H11NS/c1-4-7-5-3-6(5,2)8-4/h4-5,7H,3H2,1-2H3/t4-,5+,6+/m1/s1. The van der Waals surface area contributed by atoms with Crippen LogP contribution in [0.2, 0.25) is 0 Å². The van der Waals surface area contributed by atoms with Gasteiger partial charge < -0.3 is 5.32 Å². The average Bonchev–Trinajstić information content (AvgIpc) is 2.07. The van der Waals surface area contributed by atoms with Gasteiger partial charge in [-0.25, -0.2) is 0 Å². The molecule has 1 saturated carbocycles. The summed E-state index contributed by atoms with van der Waals surface area (Å²) in [6.07, 6.45) is 1.39. The SMILES string of the molecule is C[C@@H]1N[C@H]2C[C@]2(C)S1. The van der Waals surface area contributed by atoms with Crippen LogP contribution in [0, 0.1) is 0 Å². The first-order valence-corrected chi connectivity index (χ1v) is 4.02. The second-order valence-electron chi connectivity index (χ2n) is 3.00. The van der Waals surface area contributed by atoms with Crippen molar-refractivity contribution in [2.45, 2.75) is 36.4 Å². The Balaban J connectivity index is 2.10. The van der Waals surface area contributed by atoms with E-state index in [-0.39, 0.29) is 0 Å². The molecule has 0 aromatic carbocycles. The van der Waals surface area contributed by atoms with Gasteiger partial charge >= 0.3 is 0 Å². The highest BCUT2D eigenvalue weighted by molar-refractivity contribution is 8.01. The number of hydrogen-bond acceptors (Lipinski definition) is 2. The first-order chi connectivity index (χ1) is 3.71. The molecule has 0 unspecified atom stereocenters. The van der Waals surface area contributed by atoms with Crippen molar-refractivity contribution in [1.29, 1.82) is 0 Å². The zero-order valence-corrected chi connectivity index (χ0v) is 6.09. The van der Waals surface area contributed by atoms with E-state index in [9.17, 15) is 0 Å². The van der Waals surface area contributed by atoms with E-state index < -0.39 is 0 Å². The maximum atomic E-state index is 3.49. The molecule has 0 spiro atoms. The van der Waals surface area contributed by atoms with Gasteiger partial charge in [-0.2, -0.15) is 0 Å². The summed E-state index contributed by atoms with van der Waals surface area (Å²) in [6, 6.07) is 0.850. The van der Waals surface area contributed by atoms with Crippen molar-refractivity contribution in [3.8, 4) is 0 Å². The van der Waals surface area contributed by atoms with Crippen LogP contribution in [-0.2, 0) is 0 Å². The van der Waals surface area contributed by atoms with E-state index in [0.717, 1.165) is 6.04 Å². The van der Waals surface area contributed by atoms with E-state index in [1.807, 2.05) is 0 Å². The van der Waals surface area contributed by atoms with Gasteiger partial charge in [-0.3, -0.25) is 0 Å². The van der Waals surface area contributed by atoms with Crippen LogP contribution in [0.1, 0.15) is 20.3 Å². The van der Waals surface area contributed by atoms with Gasteiger partial charge in [0.2, 0.25) is 0 Å². The van der Waals surface area contributed by atoms with E-state index in [0.29, 0.717) is 10.1 Å². The lowest BCUT2D eigenvalue weighted by atomic mass is 10.5. The molecular weight excluding hydrogens is 118 g/mol. The Morgan fingerprint density at radius 3 is 2.75 bits per heavy atom. The van der Waals surface area contributed by atoms with Gasteiger partial charge in [0.25, 0.3) is 0 Å². The summed E-state index contributed by atoms with van der Waals surface area (Å²) >= 11 is 2.09. The molecule has 1 aliphatic carbocycles. The molecule has 0 bridgehead atoms. The summed E-state index contributed by atoms with van der Waals surface area (Å²) < 4.78 is 0.638. The van der Waals surface area contributed by atoms with Crippen molar-refractivity contribution in [3.05, 3.63) is 0 Å². The smallest absolute Gasteiger partial charge is 0.0512 e. The molecule has 0 aromatic rings.